The van der Waals surface area contributed by atoms with Gasteiger partial charge in [0.1, 0.15) is 0 Å². The van der Waals surface area contributed by atoms with Crippen LogP contribution in [0, 0.1) is 0 Å². The smallest absolute Gasteiger partial charge is 0.0711 e. The van der Waals surface area contributed by atoms with Crippen LogP contribution < -0.4 is 0 Å². The fourth-order valence-corrected chi connectivity index (χ4v) is 4.01. The maximum Gasteiger partial charge on any atom is 0.0711 e. The quantitative estimate of drug-likeness (QED) is 0.373. The molecule has 2 nitrogen and oxygen atoms in total. The van der Waals surface area contributed by atoms with Crippen LogP contribution in [-0.4, -0.2) is 9.13 Å². The molecule has 0 aliphatic heterocycles. The Kier molecular flexibility index (Phi) is 3.32. The van der Waals surface area contributed by atoms with Crippen LogP contribution in [0.4, 0.5) is 0 Å². The molecule has 0 fully saturated rings. The summed E-state index contributed by atoms with van der Waals surface area (Å²) in [4.78, 5) is 0. The second-order valence-corrected chi connectivity index (χ2v) is 6.83. The van der Waals surface area contributed by atoms with E-state index >= 15 is 0 Å². The van der Waals surface area contributed by atoms with Crippen LogP contribution >= 0.6 is 11.3 Å². The van der Waals surface area contributed by atoms with Crippen molar-refractivity contribution < 1.29 is 0 Å². The van der Waals surface area contributed by atoms with Gasteiger partial charge in [0.15, 0.2) is 0 Å². The monoisotopic (exact) mass is 340 g/mol. The summed E-state index contributed by atoms with van der Waals surface area (Å²) in [5.41, 5.74) is 6.11. The van der Waals surface area contributed by atoms with Crippen molar-refractivity contribution >= 4 is 22.2 Å². The molecule has 0 saturated carbocycles. The van der Waals surface area contributed by atoms with E-state index < -0.39 is 0 Å². The van der Waals surface area contributed by atoms with Gasteiger partial charge in [0.2, 0.25) is 0 Å². The molecule has 3 heteroatoms. The Bertz CT molecular complexity index is 1130. The summed E-state index contributed by atoms with van der Waals surface area (Å²) in [5.74, 6) is 0. The number of fused-ring (bicyclic) bond motifs is 1. The molecule has 0 spiro atoms. The van der Waals surface area contributed by atoms with E-state index in [0.717, 1.165) is 0 Å². The van der Waals surface area contributed by atoms with Crippen LogP contribution in [0.3, 0.4) is 0 Å². The summed E-state index contributed by atoms with van der Waals surface area (Å²) in [6.45, 7) is 0. The summed E-state index contributed by atoms with van der Waals surface area (Å²) < 4.78 is 4.45. The Morgan fingerprint density at radius 1 is 0.760 bits per heavy atom. The molecule has 0 aliphatic carbocycles. The van der Waals surface area contributed by atoms with Crippen molar-refractivity contribution in [2.45, 2.75) is 0 Å². The Hall–Kier alpha value is -3.04. The largest absolute Gasteiger partial charge is 0.322 e. The number of para-hydroxylation sites is 1. The van der Waals surface area contributed by atoms with Crippen molar-refractivity contribution in [3.05, 3.63) is 96.1 Å². The average Bonchev–Trinajstić information content (AvgIpc) is 3.41. The molecule has 25 heavy (non-hydrogen) atoms. The van der Waals surface area contributed by atoms with Crippen molar-refractivity contribution in [2.75, 3.05) is 0 Å². The van der Waals surface area contributed by atoms with Crippen LogP contribution in [0.2, 0.25) is 0 Å². The van der Waals surface area contributed by atoms with Gasteiger partial charge in [0.25, 0.3) is 0 Å². The molecule has 5 aromatic rings. The predicted octanol–water partition coefficient (Wildman–Crippen LogP) is 6.15. The maximum absolute atomic E-state index is 2.28. The summed E-state index contributed by atoms with van der Waals surface area (Å²) in [7, 11) is 0. The molecule has 0 saturated heterocycles. The Balaban J connectivity index is 1.73. The van der Waals surface area contributed by atoms with Gasteiger partial charge < -0.3 is 9.13 Å². The lowest BCUT2D eigenvalue weighted by Crippen LogP contribution is -1.92. The normalized spacial score (nSPS) is 11.2. The second-order valence-electron chi connectivity index (χ2n) is 6.05. The first-order valence-corrected chi connectivity index (χ1v) is 9.21. The lowest BCUT2D eigenvalue weighted by atomic mass is 10.1. The van der Waals surface area contributed by atoms with Gasteiger partial charge in [-0.25, -0.2) is 0 Å². The molecule has 0 aliphatic rings. The van der Waals surface area contributed by atoms with Gasteiger partial charge >= 0.3 is 0 Å². The molecular formula is C22H16N2S. The van der Waals surface area contributed by atoms with Crippen molar-refractivity contribution in [1.29, 1.82) is 0 Å². The van der Waals surface area contributed by atoms with Crippen LogP contribution in [0.1, 0.15) is 0 Å². The molecule has 0 amide bonds. The van der Waals surface area contributed by atoms with E-state index in [1.165, 1.54) is 33.4 Å². The topological polar surface area (TPSA) is 9.86 Å². The summed E-state index contributed by atoms with van der Waals surface area (Å²) in [6, 6.07) is 23.6. The number of benzene rings is 2. The fraction of sp³-hybridized carbons (Fsp3) is 0. The van der Waals surface area contributed by atoms with Crippen molar-refractivity contribution in [1.82, 2.24) is 9.13 Å². The van der Waals surface area contributed by atoms with E-state index in [4.69, 9.17) is 0 Å². The van der Waals surface area contributed by atoms with Gasteiger partial charge in [-0.2, -0.15) is 11.3 Å². The van der Waals surface area contributed by atoms with Crippen LogP contribution in [0.15, 0.2) is 96.1 Å². The van der Waals surface area contributed by atoms with E-state index in [1.54, 1.807) is 11.3 Å². The van der Waals surface area contributed by atoms with E-state index in [1.807, 2.05) is 0 Å². The van der Waals surface area contributed by atoms with E-state index in [9.17, 15) is 0 Å². The Morgan fingerprint density at radius 2 is 1.64 bits per heavy atom. The number of hydrogen-bond donors (Lipinski definition) is 0. The molecule has 0 bridgehead atoms. The number of hydrogen-bond acceptors (Lipinski definition) is 1. The molecule has 5 rings (SSSR count). The summed E-state index contributed by atoms with van der Waals surface area (Å²) in [5, 5.41) is 5.56. The van der Waals surface area contributed by atoms with Gasteiger partial charge in [0, 0.05) is 29.7 Å². The number of rotatable bonds is 3. The minimum atomic E-state index is 1.18. The summed E-state index contributed by atoms with van der Waals surface area (Å²) in [6.07, 6.45) is 6.40. The minimum absolute atomic E-state index is 1.18. The highest BCUT2D eigenvalue weighted by molar-refractivity contribution is 7.08. The van der Waals surface area contributed by atoms with Crippen LogP contribution in [0.25, 0.3) is 33.4 Å². The summed E-state index contributed by atoms with van der Waals surface area (Å²) >= 11 is 1.73. The number of nitrogens with zero attached hydrogens (tertiary/aromatic N) is 2. The molecule has 120 valence electrons. The first-order chi connectivity index (χ1) is 12.4. The average molecular weight is 340 g/mol. The molecule has 2 aromatic carbocycles. The highest BCUT2D eigenvalue weighted by Crippen LogP contribution is 2.30. The zero-order chi connectivity index (χ0) is 16.6. The van der Waals surface area contributed by atoms with Gasteiger partial charge in [0.05, 0.1) is 11.2 Å². The zero-order valence-corrected chi connectivity index (χ0v) is 14.4. The Labute approximate surface area is 150 Å². The lowest BCUT2D eigenvalue weighted by molar-refractivity contribution is 1.06. The van der Waals surface area contributed by atoms with E-state index in [2.05, 4.69) is 105 Å². The first-order valence-electron chi connectivity index (χ1n) is 8.26. The van der Waals surface area contributed by atoms with Crippen LogP contribution in [-0.2, 0) is 0 Å². The van der Waals surface area contributed by atoms with E-state index in [-0.39, 0.29) is 0 Å². The highest BCUT2D eigenvalue weighted by Gasteiger charge is 2.11. The van der Waals surface area contributed by atoms with Crippen molar-refractivity contribution in [3.63, 3.8) is 0 Å². The van der Waals surface area contributed by atoms with Gasteiger partial charge in [-0.3, -0.25) is 0 Å². The van der Waals surface area contributed by atoms with E-state index in [0.29, 0.717) is 0 Å². The van der Waals surface area contributed by atoms with Gasteiger partial charge in [-0.15, -0.1) is 0 Å². The van der Waals surface area contributed by atoms with Gasteiger partial charge in [-0.05, 0) is 58.3 Å². The molecular weight excluding hydrogens is 324 g/mol. The molecule has 0 N–H and O–H groups in total. The molecule has 0 atom stereocenters. The van der Waals surface area contributed by atoms with Crippen LogP contribution in [0.5, 0.6) is 0 Å². The maximum atomic E-state index is 2.28. The minimum Gasteiger partial charge on any atom is -0.322 e. The Morgan fingerprint density at radius 3 is 2.48 bits per heavy atom. The standard InChI is InChI=1S/C22H16N2S/c1-2-9-21-20(8-1)22(23-11-3-4-12-23)15-24(21)19-7-5-6-17(14-19)18-10-13-25-16-18/h1-16H. The molecule has 0 radical (unpaired) electrons. The van der Waals surface area contributed by atoms with Crippen molar-refractivity contribution in [2.24, 2.45) is 0 Å². The predicted molar refractivity (Wildman–Crippen MR) is 106 cm³/mol. The third-order valence-corrected chi connectivity index (χ3v) is 5.24. The first kappa shape index (κ1) is 14.3. The lowest BCUT2D eigenvalue weighted by Gasteiger charge is -2.07. The zero-order valence-electron chi connectivity index (χ0n) is 13.5. The molecule has 3 heterocycles. The number of aromatic nitrogens is 2. The van der Waals surface area contributed by atoms with Gasteiger partial charge in [-0.1, -0.05) is 30.3 Å². The third-order valence-electron chi connectivity index (χ3n) is 4.55. The molecule has 0 unspecified atom stereocenters. The van der Waals surface area contributed by atoms with Crippen molar-refractivity contribution in [3.8, 4) is 22.5 Å². The highest BCUT2D eigenvalue weighted by atomic mass is 32.1. The SMILES string of the molecule is c1cc(-c2ccsc2)cc(-n2cc(-n3cccc3)c3ccccc32)c1. The molecule has 3 aromatic heterocycles. The fourth-order valence-electron chi connectivity index (χ4n) is 3.34. The number of thiophene rings is 1. The second kappa shape index (κ2) is 5.80. The third kappa shape index (κ3) is 2.41.